The van der Waals surface area contributed by atoms with E-state index in [1.807, 2.05) is 17.9 Å². The Hall–Kier alpha value is -1.62. The molecule has 1 saturated heterocycles. The van der Waals surface area contributed by atoms with Crippen LogP contribution in [0.15, 0.2) is 18.2 Å². The number of nitrogens with two attached hydrogens (primary N) is 1. The number of carbonyl (C=O) groups is 1. The van der Waals surface area contributed by atoms with Crippen LogP contribution in [0.1, 0.15) is 18.9 Å². The molecule has 1 aromatic carbocycles. The number of amides is 1. The number of rotatable bonds is 4. The van der Waals surface area contributed by atoms with Crippen LogP contribution in [-0.2, 0) is 11.3 Å². The quantitative estimate of drug-likeness (QED) is 0.861. The first kappa shape index (κ1) is 13.8. The van der Waals surface area contributed by atoms with Crippen LogP contribution in [0.5, 0.6) is 0 Å². The molecular weight excluding hydrogens is 245 g/mol. The van der Waals surface area contributed by atoms with E-state index in [9.17, 15) is 9.18 Å². The van der Waals surface area contributed by atoms with Crippen LogP contribution in [0.3, 0.4) is 0 Å². The summed E-state index contributed by atoms with van der Waals surface area (Å²) >= 11 is 0. The third-order valence-electron chi connectivity index (χ3n) is 3.86. The summed E-state index contributed by atoms with van der Waals surface area (Å²) in [5.74, 6) is -0.513. The SMILES string of the molecule is CNCc1c(F)cccc1N1CCC(C)(C(N)=O)C1. The molecule has 1 fully saturated rings. The van der Waals surface area contributed by atoms with E-state index in [-0.39, 0.29) is 11.7 Å². The van der Waals surface area contributed by atoms with Gasteiger partial charge in [0.15, 0.2) is 0 Å². The molecule has 19 heavy (non-hydrogen) atoms. The van der Waals surface area contributed by atoms with Gasteiger partial charge in [-0.2, -0.15) is 0 Å². The molecule has 104 valence electrons. The van der Waals surface area contributed by atoms with Crippen molar-refractivity contribution < 1.29 is 9.18 Å². The predicted molar refractivity (Wildman–Crippen MR) is 73.3 cm³/mol. The van der Waals surface area contributed by atoms with Gasteiger partial charge < -0.3 is 16.0 Å². The molecular formula is C14H20FN3O. The molecule has 0 aromatic heterocycles. The molecule has 0 spiro atoms. The molecule has 0 aliphatic carbocycles. The first-order chi connectivity index (χ1) is 8.98. The average molecular weight is 265 g/mol. The monoisotopic (exact) mass is 265 g/mol. The van der Waals surface area contributed by atoms with Gasteiger partial charge in [0.25, 0.3) is 0 Å². The van der Waals surface area contributed by atoms with Gasteiger partial charge in [-0.3, -0.25) is 4.79 Å². The summed E-state index contributed by atoms with van der Waals surface area (Å²) in [5.41, 5.74) is 6.41. The standard InChI is InChI=1S/C14H20FN3O/c1-14(13(16)19)6-7-18(9-14)12-5-3-4-11(15)10(12)8-17-2/h3-5,17H,6-9H2,1-2H3,(H2,16,19). The lowest BCUT2D eigenvalue weighted by Gasteiger charge is -2.25. The van der Waals surface area contributed by atoms with Crippen LogP contribution in [0.25, 0.3) is 0 Å². The van der Waals surface area contributed by atoms with Gasteiger partial charge in [0.1, 0.15) is 5.82 Å². The largest absolute Gasteiger partial charge is 0.370 e. The fourth-order valence-corrected chi connectivity index (χ4v) is 2.56. The van der Waals surface area contributed by atoms with E-state index in [1.54, 1.807) is 13.1 Å². The number of hydrogen-bond donors (Lipinski definition) is 2. The highest BCUT2D eigenvalue weighted by molar-refractivity contribution is 5.82. The zero-order valence-corrected chi connectivity index (χ0v) is 11.4. The van der Waals surface area contributed by atoms with E-state index >= 15 is 0 Å². The summed E-state index contributed by atoms with van der Waals surface area (Å²) in [7, 11) is 1.79. The Morgan fingerprint density at radius 3 is 2.89 bits per heavy atom. The second-order valence-corrected chi connectivity index (χ2v) is 5.36. The molecule has 1 aliphatic rings. The molecule has 0 bridgehead atoms. The van der Waals surface area contributed by atoms with Crippen molar-refractivity contribution >= 4 is 11.6 Å². The van der Waals surface area contributed by atoms with Gasteiger partial charge in [-0.25, -0.2) is 4.39 Å². The summed E-state index contributed by atoms with van der Waals surface area (Å²) in [6, 6.07) is 5.05. The Morgan fingerprint density at radius 1 is 1.58 bits per heavy atom. The van der Waals surface area contributed by atoms with Crippen molar-refractivity contribution in [3.05, 3.63) is 29.6 Å². The maximum absolute atomic E-state index is 13.9. The molecule has 1 aromatic rings. The van der Waals surface area contributed by atoms with Crippen molar-refractivity contribution in [2.75, 3.05) is 25.0 Å². The van der Waals surface area contributed by atoms with E-state index in [0.717, 1.165) is 12.2 Å². The Morgan fingerprint density at radius 2 is 2.32 bits per heavy atom. The second-order valence-electron chi connectivity index (χ2n) is 5.36. The fourth-order valence-electron chi connectivity index (χ4n) is 2.56. The number of primary amides is 1. The van der Waals surface area contributed by atoms with Crippen LogP contribution >= 0.6 is 0 Å². The number of anilines is 1. The topological polar surface area (TPSA) is 58.4 Å². The predicted octanol–water partition coefficient (Wildman–Crippen LogP) is 1.25. The van der Waals surface area contributed by atoms with Crippen LogP contribution < -0.4 is 16.0 Å². The zero-order chi connectivity index (χ0) is 14.0. The summed E-state index contributed by atoms with van der Waals surface area (Å²) in [4.78, 5) is 13.5. The summed E-state index contributed by atoms with van der Waals surface area (Å²) in [6.45, 7) is 3.60. The van der Waals surface area contributed by atoms with Crippen molar-refractivity contribution in [1.82, 2.24) is 5.32 Å². The minimum atomic E-state index is -0.525. The molecule has 3 N–H and O–H groups in total. The summed E-state index contributed by atoms with van der Waals surface area (Å²) < 4.78 is 13.9. The van der Waals surface area contributed by atoms with Crippen LogP contribution in [0.4, 0.5) is 10.1 Å². The molecule has 5 heteroatoms. The number of hydrogen-bond acceptors (Lipinski definition) is 3. The lowest BCUT2D eigenvalue weighted by molar-refractivity contribution is -0.125. The average Bonchev–Trinajstić information content (AvgIpc) is 2.76. The lowest BCUT2D eigenvalue weighted by atomic mass is 9.89. The number of benzene rings is 1. The third kappa shape index (κ3) is 2.56. The van der Waals surface area contributed by atoms with Crippen molar-refractivity contribution in [3.63, 3.8) is 0 Å². The lowest BCUT2D eigenvalue weighted by Crippen LogP contribution is -2.37. The molecule has 0 saturated carbocycles. The maximum atomic E-state index is 13.9. The van der Waals surface area contributed by atoms with Gasteiger partial charge in [0.05, 0.1) is 5.41 Å². The maximum Gasteiger partial charge on any atom is 0.225 e. The van der Waals surface area contributed by atoms with Crippen LogP contribution in [0, 0.1) is 11.2 Å². The number of nitrogens with zero attached hydrogens (tertiary/aromatic N) is 1. The van der Waals surface area contributed by atoms with Crippen molar-refractivity contribution in [2.45, 2.75) is 19.9 Å². The highest BCUT2D eigenvalue weighted by Gasteiger charge is 2.39. The van der Waals surface area contributed by atoms with Gasteiger partial charge in [-0.15, -0.1) is 0 Å². The van der Waals surface area contributed by atoms with Gasteiger partial charge in [0, 0.05) is 30.9 Å². The minimum absolute atomic E-state index is 0.223. The van der Waals surface area contributed by atoms with Gasteiger partial charge >= 0.3 is 0 Å². The van der Waals surface area contributed by atoms with E-state index in [4.69, 9.17) is 5.73 Å². The van der Waals surface area contributed by atoms with Crippen LogP contribution in [0.2, 0.25) is 0 Å². The first-order valence-corrected chi connectivity index (χ1v) is 6.45. The first-order valence-electron chi connectivity index (χ1n) is 6.45. The summed E-state index contributed by atoms with van der Waals surface area (Å²) in [5, 5.41) is 2.97. The number of nitrogens with one attached hydrogen (secondary N) is 1. The van der Waals surface area contributed by atoms with E-state index in [2.05, 4.69) is 5.32 Å². The Kier molecular flexibility index (Phi) is 3.75. The summed E-state index contributed by atoms with van der Waals surface area (Å²) in [6.07, 6.45) is 0.706. The van der Waals surface area contributed by atoms with E-state index in [1.165, 1.54) is 6.07 Å². The molecule has 1 aliphatic heterocycles. The van der Waals surface area contributed by atoms with E-state index in [0.29, 0.717) is 25.1 Å². The Bertz CT molecular complexity index is 492. The normalized spacial score (nSPS) is 22.8. The Balaban J connectivity index is 2.29. The number of halogens is 1. The Labute approximate surface area is 112 Å². The highest BCUT2D eigenvalue weighted by Crippen LogP contribution is 2.35. The van der Waals surface area contributed by atoms with Crippen molar-refractivity contribution in [3.8, 4) is 0 Å². The van der Waals surface area contributed by atoms with Crippen molar-refractivity contribution in [2.24, 2.45) is 11.1 Å². The van der Waals surface area contributed by atoms with Gasteiger partial charge in [-0.05, 0) is 32.5 Å². The van der Waals surface area contributed by atoms with Gasteiger partial charge in [-0.1, -0.05) is 6.07 Å². The van der Waals surface area contributed by atoms with Gasteiger partial charge in [0.2, 0.25) is 5.91 Å². The minimum Gasteiger partial charge on any atom is -0.370 e. The molecule has 1 heterocycles. The van der Waals surface area contributed by atoms with Crippen LogP contribution in [-0.4, -0.2) is 26.0 Å². The molecule has 1 unspecified atom stereocenters. The molecule has 1 atom stereocenters. The van der Waals surface area contributed by atoms with Crippen molar-refractivity contribution in [1.29, 1.82) is 0 Å². The fraction of sp³-hybridized carbons (Fsp3) is 0.500. The van der Waals surface area contributed by atoms with E-state index < -0.39 is 5.41 Å². The molecule has 0 radical (unpaired) electrons. The second kappa shape index (κ2) is 5.17. The molecule has 1 amide bonds. The zero-order valence-electron chi connectivity index (χ0n) is 11.4. The highest BCUT2D eigenvalue weighted by atomic mass is 19.1. The third-order valence-corrected chi connectivity index (χ3v) is 3.86. The molecule has 4 nitrogen and oxygen atoms in total. The smallest absolute Gasteiger partial charge is 0.225 e. The molecule has 2 rings (SSSR count). The number of carbonyl (C=O) groups excluding carboxylic acids is 1.